The van der Waals surface area contributed by atoms with E-state index in [9.17, 15) is 4.79 Å². The maximum Gasteiger partial charge on any atom is 0.229 e. The van der Waals surface area contributed by atoms with Crippen molar-refractivity contribution in [3.63, 3.8) is 0 Å². The van der Waals surface area contributed by atoms with Crippen molar-refractivity contribution >= 4 is 5.91 Å². The van der Waals surface area contributed by atoms with Gasteiger partial charge in [0.25, 0.3) is 0 Å². The van der Waals surface area contributed by atoms with Gasteiger partial charge in [-0.2, -0.15) is 4.98 Å². The molecule has 1 aliphatic heterocycles. The second kappa shape index (κ2) is 6.11. The average molecular weight is 289 g/mol. The van der Waals surface area contributed by atoms with Gasteiger partial charge < -0.3 is 13.8 Å². The summed E-state index contributed by atoms with van der Waals surface area (Å²) in [5, 5.41) is 3.83. The Morgan fingerprint density at radius 1 is 1.43 bits per heavy atom. The summed E-state index contributed by atoms with van der Waals surface area (Å²) in [4.78, 5) is 18.4. The first-order valence-electron chi connectivity index (χ1n) is 7.33. The van der Waals surface area contributed by atoms with Gasteiger partial charge in [-0.1, -0.05) is 5.16 Å². The summed E-state index contributed by atoms with van der Waals surface area (Å²) in [5.74, 6) is 2.70. The smallest absolute Gasteiger partial charge is 0.229 e. The van der Waals surface area contributed by atoms with Gasteiger partial charge in [-0.25, -0.2) is 0 Å². The third-order valence-electron chi connectivity index (χ3n) is 3.91. The number of hydrogen-bond donors (Lipinski definition) is 0. The molecule has 1 aliphatic rings. The minimum absolute atomic E-state index is 0.187. The number of piperidine rings is 1. The molecule has 2 aromatic heterocycles. The van der Waals surface area contributed by atoms with Crippen LogP contribution >= 0.6 is 0 Å². The molecule has 0 saturated carbocycles. The second-order valence-corrected chi connectivity index (χ2v) is 5.41. The number of carbonyl (C=O) groups excluding carboxylic acids is 1. The molecule has 0 atom stereocenters. The average Bonchev–Trinajstić information content (AvgIpc) is 3.16. The minimum Gasteiger partial charge on any atom is -0.469 e. The van der Waals surface area contributed by atoms with Crippen molar-refractivity contribution in [1.82, 2.24) is 15.0 Å². The summed E-state index contributed by atoms with van der Waals surface area (Å²) < 4.78 is 10.5. The van der Waals surface area contributed by atoms with Crippen LogP contribution in [0.3, 0.4) is 0 Å². The molecule has 0 bridgehead atoms. The minimum atomic E-state index is 0.187. The van der Waals surface area contributed by atoms with Crippen LogP contribution in [0.2, 0.25) is 0 Å². The van der Waals surface area contributed by atoms with E-state index in [-0.39, 0.29) is 11.8 Å². The Bertz CT molecular complexity index is 583. The van der Waals surface area contributed by atoms with Crippen molar-refractivity contribution in [2.45, 2.75) is 38.5 Å². The lowest BCUT2D eigenvalue weighted by molar-refractivity contribution is -0.132. The van der Waals surface area contributed by atoms with E-state index in [1.807, 2.05) is 24.0 Å². The number of furan rings is 1. The molecular formula is C15H19N3O3. The van der Waals surface area contributed by atoms with Crippen molar-refractivity contribution in [2.24, 2.45) is 0 Å². The molecule has 6 nitrogen and oxygen atoms in total. The monoisotopic (exact) mass is 289 g/mol. The first kappa shape index (κ1) is 13.9. The van der Waals surface area contributed by atoms with Crippen LogP contribution in [0.25, 0.3) is 0 Å². The van der Waals surface area contributed by atoms with E-state index >= 15 is 0 Å². The van der Waals surface area contributed by atoms with Crippen LogP contribution in [0.5, 0.6) is 0 Å². The number of hydrogen-bond acceptors (Lipinski definition) is 5. The zero-order valence-corrected chi connectivity index (χ0v) is 12.1. The van der Waals surface area contributed by atoms with E-state index in [1.54, 1.807) is 6.26 Å². The molecule has 0 aromatic carbocycles. The zero-order chi connectivity index (χ0) is 14.7. The summed E-state index contributed by atoms with van der Waals surface area (Å²) in [7, 11) is 0. The highest BCUT2D eigenvalue weighted by molar-refractivity contribution is 5.76. The predicted molar refractivity (Wildman–Crippen MR) is 74.6 cm³/mol. The fourth-order valence-electron chi connectivity index (χ4n) is 2.70. The predicted octanol–water partition coefficient (Wildman–Crippen LogP) is 2.31. The number of likely N-dealkylation sites (tertiary alicyclic amines) is 1. The first-order valence-corrected chi connectivity index (χ1v) is 7.33. The molecule has 0 aliphatic carbocycles. The normalized spacial score (nSPS) is 16.3. The van der Waals surface area contributed by atoms with Crippen molar-refractivity contribution in [2.75, 3.05) is 13.1 Å². The lowest BCUT2D eigenvalue weighted by atomic mass is 9.96. The lowest BCUT2D eigenvalue weighted by Crippen LogP contribution is -2.38. The summed E-state index contributed by atoms with van der Waals surface area (Å²) in [5.41, 5.74) is 0. The van der Waals surface area contributed by atoms with E-state index in [0.717, 1.165) is 31.7 Å². The van der Waals surface area contributed by atoms with E-state index in [4.69, 9.17) is 8.94 Å². The highest BCUT2D eigenvalue weighted by Crippen LogP contribution is 2.27. The number of aryl methyl sites for hydroxylation is 2. The Hall–Kier alpha value is -2.11. The Balaban J connectivity index is 1.47. The molecule has 1 fully saturated rings. The van der Waals surface area contributed by atoms with Gasteiger partial charge in [0.2, 0.25) is 11.8 Å². The third-order valence-corrected chi connectivity index (χ3v) is 3.91. The number of aromatic nitrogens is 2. The van der Waals surface area contributed by atoms with E-state index in [2.05, 4.69) is 10.1 Å². The van der Waals surface area contributed by atoms with Crippen LogP contribution in [0.15, 0.2) is 27.3 Å². The van der Waals surface area contributed by atoms with Crippen LogP contribution in [-0.4, -0.2) is 34.0 Å². The lowest BCUT2D eigenvalue weighted by Gasteiger charge is -2.30. The Morgan fingerprint density at radius 3 is 2.86 bits per heavy atom. The van der Waals surface area contributed by atoms with Crippen molar-refractivity contribution < 1.29 is 13.7 Å². The molecule has 0 unspecified atom stereocenters. The molecule has 6 heteroatoms. The molecule has 0 radical (unpaired) electrons. The second-order valence-electron chi connectivity index (χ2n) is 5.41. The van der Waals surface area contributed by atoms with Gasteiger partial charge in [-0.05, 0) is 31.9 Å². The number of carbonyl (C=O) groups is 1. The van der Waals surface area contributed by atoms with Gasteiger partial charge >= 0.3 is 0 Å². The van der Waals surface area contributed by atoms with Gasteiger partial charge in [0.15, 0.2) is 5.82 Å². The van der Waals surface area contributed by atoms with Gasteiger partial charge in [-0.15, -0.1) is 0 Å². The summed E-state index contributed by atoms with van der Waals surface area (Å²) in [6.45, 7) is 3.33. The third kappa shape index (κ3) is 3.32. The van der Waals surface area contributed by atoms with E-state index in [0.29, 0.717) is 24.6 Å². The van der Waals surface area contributed by atoms with Gasteiger partial charge in [0.05, 0.1) is 6.26 Å². The topological polar surface area (TPSA) is 72.4 Å². The molecule has 0 spiro atoms. The fourth-order valence-corrected chi connectivity index (χ4v) is 2.70. The van der Waals surface area contributed by atoms with Crippen LogP contribution in [0.4, 0.5) is 0 Å². The SMILES string of the molecule is Cc1noc(C2CCN(C(=O)CCc3ccco3)CC2)n1. The zero-order valence-electron chi connectivity index (χ0n) is 12.1. The van der Waals surface area contributed by atoms with Gasteiger partial charge in [-0.3, -0.25) is 4.79 Å². The van der Waals surface area contributed by atoms with Crippen LogP contribution in [0.1, 0.15) is 42.7 Å². The largest absolute Gasteiger partial charge is 0.469 e. The highest BCUT2D eigenvalue weighted by atomic mass is 16.5. The van der Waals surface area contributed by atoms with Crippen molar-refractivity contribution in [1.29, 1.82) is 0 Å². The molecule has 21 heavy (non-hydrogen) atoms. The van der Waals surface area contributed by atoms with E-state index in [1.165, 1.54) is 0 Å². The Kier molecular flexibility index (Phi) is 4.03. The van der Waals surface area contributed by atoms with Crippen LogP contribution < -0.4 is 0 Å². The Morgan fingerprint density at radius 2 is 2.24 bits per heavy atom. The van der Waals surface area contributed by atoms with E-state index < -0.39 is 0 Å². The van der Waals surface area contributed by atoms with Gasteiger partial charge in [0.1, 0.15) is 5.76 Å². The molecule has 2 aromatic rings. The summed E-state index contributed by atoms with van der Waals surface area (Å²) in [6.07, 6.45) is 4.56. The molecule has 3 heterocycles. The van der Waals surface area contributed by atoms with Crippen LogP contribution in [0, 0.1) is 6.92 Å². The molecular weight excluding hydrogens is 270 g/mol. The summed E-state index contributed by atoms with van der Waals surface area (Å²) in [6, 6.07) is 3.75. The quantitative estimate of drug-likeness (QED) is 0.863. The number of rotatable bonds is 4. The highest BCUT2D eigenvalue weighted by Gasteiger charge is 2.26. The fraction of sp³-hybridized carbons (Fsp3) is 0.533. The van der Waals surface area contributed by atoms with Gasteiger partial charge in [0, 0.05) is 31.8 Å². The standard InChI is InChI=1S/C15H19N3O3/c1-11-16-15(21-17-11)12-6-8-18(9-7-12)14(19)5-4-13-3-2-10-20-13/h2-3,10,12H,4-9H2,1H3. The number of amides is 1. The van der Waals surface area contributed by atoms with Crippen LogP contribution in [-0.2, 0) is 11.2 Å². The molecule has 0 N–H and O–H groups in total. The molecule has 112 valence electrons. The molecule has 1 amide bonds. The maximum absolute atomic E-state index is 12.2. The molecule has 1 saturated heterocycles. The maximum atomic E-state index is 12.2. The molecule has 3 rings (SSSR count). The first-order chi connectivity index (χ1) is 10.2. The summed E-state index contributed by atoms with van der Waals surface area (Å²) >= 11 is 0. The van der Waals surface area contributed by atoms with Crippen molar-refractivity contribution in [3.05, 3.63) is 35.9 Å². The van der Waals surface area contributed by atoms with Crippen molar-refractivity contribution in [3.8, 4) is 0 Å². The Labute approximate surface area is 123 Å². The number of nitrogens with zero attached hydrogens (tertiary/aromatic N) is 3.